The molecular weight excluding hydrogens is 134 g/mol. The van der Waals surface area contributed by atoms with Gasteiger partial charge in [-0.3, -0.25) is 0 Å². The van der Waals surface area contributed by atoms with Crippen LogP contribution in [0.1, 0.15) is 26.7 Å². The minimum atomic E-state index is 0.255. The first-order valence-corrected chi connectivity index (χ1v) is 4.09. The fraction of sp³-hybridized carbons (Fsp3) is 0.600. The molecule has 1 nitrogen and oxygen atoms in total. The molecule has 11 heavy (non-hydrogen) atoms. The maximum atomic E-state index is 3.82. The molecule has 0 fully saturated rings. The lowest BCUT2D eigenvalue weighted by atomic mass is 9.72. The molecule has 0 aromatic heterocycles. The highest BCUT2D eigenvalue weighted by molar-refractivity contribution is 5.55. The molecule has 0 saturated heterocycles. The third kappa shape index (κ3) is 1.81. The van der Waals surface area contributed by atoms with E-state index in [1.54, 1.807) is 12.6 Å². The molecule has 0 bridgehead atoms. The van der Waals surface area contributed by atoms with Crippen LogP contribution in [0.15, 0.2) is 22.7 Å². The van der Waals surface area contributed by atoms with Gasteiger partial charge in [0.1, 0.15) is 0 Å². The van der Waals surface area contributed by atoms with Crippen LogP contribution in [0.4, 0.5) is 0 Å². The molecule has 0 aliphatic heterocycles. The minimum Gasteiger partial charge on any atom is -0.247 e. The Morgan fingerprint density at radius 1 is 1.82 bits per heavy atom. The monoisotopic (exact) mass is 149 g/mol. The lowest BCUT2D eigenvalue weighted by molar-refractivity contribution is 0.474. The summed E-state index contributed by atoms with van der Waals surface area (Å²) in [6.45, 7) is 4.41. The zero-order valence-electron chi connectivity index (χ0n) is 7.52. The molecule has 1 heteroatoms. The molecule has 0 heterocycles. The van der Waals surface area contributed by atoms with Crippen LogP contribution in [0.3, 0.4) is 0 Å². The largest absolute Gasteiger partial charge is 0.247 e. The van der Waals surface area contributed by atoms with Crippen LogP contribution >= 0.6 is 0 Å². The van der Waals surface area contributed by atoms with Crippen molar-refractivity contribution in [3.05, 3.63) is 17.7 Å². The number of hydrogen-bond donors (Lipinski definition) is 0. The number of rotatable bonds is 2. The number of hydrogen-bond acceptors (Lipinski definition) is 1. The summed E-state index contributed by atoms with van der Waals surface area (Å²) in [4.78, 5) is 3.82. The summed E-state index contributed by atoms with van der Waals surface area (Å²) in [6, 6.07) is 0. The van der Waals surface area contributed by atoms with Crippen molar-refractivity contribution in [2.45, 2.75) is 26.7 Å². The molecule has 1 aliphatic carbocycles. The number of allylic oxidation sites excluding steroid dienone is 3. The Kier molecular flexibility index (Phi) is 2.31. The van der Waals surface area contributed by atoms with Gasteiger partial charge >= 0.3 is 0 Å². The Hall–Kier alpha value is -0.810. The molecule has 0 radical (unpaired) electrons. The fourth-order valence-corrected chi connectivity index (χ4v) is 1.46. The van der Waals surface area contributed by atoms with Gasteiger partial charge in [-0.2, -0.15) is 0 Å². The van der Waals surface area contributed by atoms with Gasteiger partial charge in [-0.25, -0.2) is 4.99 Å². The van der Waals surface area contributed by atoms with E-state index < -0.39 is 0 Å². The van der Waals surface area contributed by atoms with E-state index in [2.05, 4.69) is 30.8 Å². The zero-order valence-corrected chi connectivity index (χ0v) is 7.52. The lowest BCUT2D eigenvalue weighted by Gasteiger charge is -2.32. The molecule has 1 atom stereocenters. The van der Waals surface area contributed by atoms with Crippen molar-refractivity contribution in [1.82, 2.24) is 0 Å². The predicted molar refractivity (Wildman–Crippen MR) is 49.0 cm³/mol. The number of nitrogens with zero attached hydrogens (tertiary/aromatic N) is 1. The molecular formula is C10H15N. The van der Waals surface area contributed by atoms with Gasteiger partial charge in [0.05, 0.1) is 0 Å². The van der Waals surface area contributed by atoms with E-state index in [1.165, 1.54) is 12.8 Å². The first-order chi connectivity index (χ1) is 5.20. The lowest BCUT2D eigenvalue weighted by Crippen LogP contribution is -2.20. The summed E-state index contributed by atoms with van der Waals surface area (Å²) < 4.78 is 0. The molecule has 60 valence electrons. The Morgan fingerprint density at radius 2 is 2.45 bits per heavy atom. The Balaban J connectivity index is 2.63. The van der Waals surface area contributed by atoms with E-state index in [-0.39, 0.29) is 5.41 Å². The van der Waals surface area contributed by atoms with Crippen molar-refractivity contribution >= 4 is 5.87 Å². The first-order valence-electron chi connectivity index (χ1n) is 4.09. The zero-order chi connectivity index (χ0) is 8.32. The Morgan fingerprint density at radius 3 is 2.91 bits per heavy atom. The van der Waals surface area contributed by atoms with Gasteiger partial charge in [-0.1, -0.05) is 25.5 Å². The SMILES string of the molecule is CCC1=CC(C)(C=C=NC)C1. The average Bonchev–Trinajstić information content (AvgIpc) is 1.95. The van der Waals surface area contributed by atoms with Gasteiger partial charge in [0.2, 0.25) is 0 Å². The summed E-state index contributed by atoms with van der Waals surface area (Å²) >= 11 is 0. The second kappa shape index (κ2) is 3.06. The molecule has 0 N–H and O–H groups in total. The maximum Gasteiger partial charge on any atom is 0.0372 e. The normalized spacial score (nSPS) is 28.1. The van der Waals surface area contributed by atoms with Crippen LogP contribution in [0.2, 0.25) is 0 Å². The molecule has 1 rings (SSSR count). The van der Waals surface area contributed by atoms with Gasteiger partial charge < -0.3 is 0 Å². The van der Waals surface area contributed by atoms with E-state index in [4.69, 9.17) is 0 Å². The maximum absolute atomic E-state index is 3.82. The second-order valence-electron chi connectivity index (χ2n) is 3.34. The van der Waals surface area contributed by atoms with Gasteiger partial charge in [-0.05, 0) is 24.8 Å². The highest BCUT2D eigenvalue weighted by Gasteiger charge is 2.27. The first kappa shape index (κ1) is 8.29. The van der Waals surface area contributed by atoms with Crippen LogP contribution in [0, 0.1) is 5.41 Å². The number of aliphatic imine (C=N–C) groups is 1. The average molecular weight is 149 g/mol. The molecule has 0 amide bonds. The summed E-state index contributed by atoms with van der Waals surface area (Å²) in [5.74, 6) is 2.89. The van der Waals surface area contributed by atoms with Gasteiger partial charge in [0.25, 0.3) is 0 Å². The molecule has 0 spiro atoms. The van der Waals surface area contributed by atoms with Crippen molar-refractivity contribution in [2.24, 2.45) is 10.4 Å². The summed E-state index contributed by atoms with van der Waals surface area (Å²) in [5.41, 5.74) is 1.81. The van der Waals surface area contributed by atoms with Crippen molar-refractivity contribution in [3.63, 3.8) is 0 Å². The second-order valence-corrected chi connectivity index (χ2v) is 3.34. The highest BCUT2D eigenvalue weighted by Crippen LogP contribution is 2.40. The van der Waals surface area contributed by atoms with E-state index in [0.29, 0.717) is 0 Å². The van der Waals surface area contributed by atoms with Crippen molar-refractivity contribution < 1.29 is 0 Å². The van der Waals surface area contributed by atoms with Gasteiger partial charge in [0, 0.05) is 12.5 Å². The van der Waals surface area contributed by atoms with Crippen molar-refractivity contribution in [3.8, 4) is 0 Å². The molecule has 1 unspecified atom stereocenters. The van der Waals surface area contributed by atoms with Crippen LogP contribution < -0.4 is 0 Å². The molecule has 0 aromatic rings. The minimum absolute atomic E-state index is 0.255. The van der Waals surface area contributed by atoms with Gasteiger partial charge in [-0.15, -0.1) is 0 Å². The highest BCUT2D eigenvalue weighted by atomic mass is 14.6. The summed E-state index contributed by atoms with van der Waals surface area (Å²) in [6.07, 6.45) is 6.73. The van der Waals surface area contributed by atoms with Crippen LogP contribution in [0.25, 0.3) is 0 Å². The van der Waals surface area contributed by atoms with E-state index in [1.807, 2.05) is 6.08 Å². The molecule has 0 aromatic carbocycles. The van der Waals surface area contributed by atoms with E-state index in [0.717, 1.165) is 0 Å². The Bertz CT molecular complexity index is 231. The van der Waals surface area contributed by atoms with Crippen molar-refractivity contribution in [2.75, 3.05) is 7.05 Å². The standard InChI is InChI=1S/C10H15N/c1-4-9-7-10(2,8-9)5-6-11-3/h5,7H,4,8H2,1-3H3. The van der Waals surface area contributed by atoms with Crippen molar-refractivity contribution in [1.29, 1.82) is 0 Å². The summed E-state index contributed by atoms with van der Waals surface area (Å²) in [5, 5.41) is 0. The van der Waals surface area contributed by atoms with E-state index in [9.17, 15) is 0 Å². The molecule has 1 aliphatic rings. The smallest absolute Gasteiger partial charge is 0.0372 e. The molecule has 0 saturated carbocycles. The van der Waals surface area contributed by atoms with Crippen LogP contribution in [0.5, 0.6) is 0 Å². The fourth-order valence-electron chi connectivity index (χ4n) is 1.46. The predicted octanol–water partition coefficient (Wildman–Crippen LogP) is 2.59. The Labute approximate surface area is 68.5 Å². The third-order valence-electron chi connectivity index (χ3n) is 2.12. The topological polar surface area (TPSA) is 12.4 Å². The van der Waals surface area contributed by atoms with Crippen LogP contribution in [-0.4, -0.2) is 12.9 Å². The van der Waals surface area contributed by atoms with Gasteiger partial charge in [0.15, 0.2) is 0 Å². The quantitative estimate of drug-likeness (QED) is 0.422. The van der Waals surface area contributed by atoms with Crippen LogP contribution in [-0.2, 0) is 0 Å². The van der Waals surface area contributed by atoms with E-state index >= 15 is 0 Å². The summed E-state index contributed by atoms with van der Waals surface area (Å²) in [7, 11) is 1.75. The third-order valence-corrected chi connectivity index (χ3v) is 2.12.